The van der Waals surface area contributed by atoms with E-state index in [-0.39, 0.29) is 42.4 Å². The van der Waals surface area contributed by atoms with Crippen LogP contribution >= 0.6 is 11.8 Å². The van der Waals surface area contributed by atoms with Gasteiger partial charge in [-0.25, -0.2) is 4.79 Å². The van der Waals surface area contributed by atoms with Crippen LogP contribution in [0.25, 0.3) is 0 Å². The highest BCUT2D eigenvalue weighted by Crippen LogP contribution is 2.17. The molecule has 0 heterocycles. The summed E-state index contributed by atoms with van der Waals surface area (Å²) < 4.78 is 5.25. The molecule has 0 saturated carbocycles. The quantitative estimate of drug-likeness (QED) is 0.116. The molecule has 0 unspecified atom stereocenters. The van der Waals surface area contributed by atoms with Crippen molar-refractivity contribution in [2.75, 3.05) is 18.6 Å². The van der Waals surface area contributed by atoms with Crippen LogP contribution < -0.4 is 27.0 Å². The van der Waals surface area contributed by atoms with E-state index < -0.39 is 42.1 Å². The smallest absolute Gasteiger partial charge is 0.408 e. The fourth-order valence-electron chi connectivity index (χ4n) is 4.57. The maximum Gasteiger partial charge on any atom is 0.408 e. The molecule has 0 aromatic heterocycles. The third-order valence-corrected chi connectivity index (χ3v) is 7.74. The molecule has 0 spiro atoms. The van der Waals surface area contributed by atoms with Crippen molar-refractivity contribution in [3.8, 4) is 0 Å². The molecule has 0 fully saturated rings. The van der Waals surface area contributed by atoms with Gasteiger partial charge in [-0.3, -0.25) is 14.4 Å². The first-order valence-corrected chi connectivity index (χ1v) is 16.9. The first kappa shape index (κ1) is 40.3. The number of hydrogen-bond acceptors (Lipinski definition) is 8. The van der Waals surface area contributed by atoms with Gasteiger partial charge in [0.25, 0.3) is 0 Å². The predicted molar refractivity (Wildman–Crippen MR) is 184 cm³/mol. The number of hydrogen-bond donors (Lipinski definition) is 6. The second-order valence-corrected chi connectivity index (χ2v) is 12.9. The zero-order valence-electron chi connectivity index (χ0n) is 28.0. The molecule has 0 aliphatic heterocycles. The molecule has 0 saturated heterocycles. The molecule has 7 N–H and O–H groups in total. The molecule has 0 radical (unpaired) electrons. The highest BCUT2D eigenvalue weighted by Gasteiger charge is 2.31. The third kappa shape index (κ3) is 15.5. The molecule has 12 heteroatoms. The van der Waals surface area contributed by atoms with Gasteiger partial charge in [0.15, 0.2) is 0 Å². The summed E-state index contributed by atoms with van der Waals surface area (Å²) in [4.78, 5) is 51.9. The maximum absolute atomic E-state index is 13.3. The van der Waals surface area contributed by atoms with E-state index in [1.165, 1.54) is 24.0 Å². The lowest BCUT2D eigenvalue weighted by Gasteiger charge is -2.30. The third-order valence-electron chi connectivity index (χ3n) is 7.07. The van der Waals surface area contributed by atoms with Gasteiger partial charge in [-0.1, -0.05) is 83.7 Å². The number of ether oxygens (including phenoxy) is 1. The summed E-state index contributed by atoms with van der Waals surface area (Å²) in [5.41, 5.74) is 6.99. The van der Waals surface area contributed by atoms with Gasteiger partial charge in [-0.05, 0) is 54.3 Å². The molecular formula is C34H53N5O6S. The number of nitrogens with one attached hydrogen (secondary N) is 4. The van der Waals surface area contributed by atoms with Crippen LogP contribution in [0.15, 0.2) is 66.9 Å². The van der Waals surface area contributed by atoms with Crippen molar-refractivity contribution in [1.82, 2.24) is 21.3 Å². The second-order valence-electron chi connectivity index (χ2n) is 11.9. The van der Waals surface area contributed by atoms with E-state index in [4.69, 9.17) is 10.5 Å². The molecule has 1 aromatic carbocycles. The Kier molecular flexibility index (Phi) is 19.1. The molecule has 46 heavy (non-hydrogen) atoms. The molecule has 11 nitrogen and oxygen atoms in total. The van der Waals surface area contributed by atoms with Gasteiger partial charge in [-0.15, -0.1) is 0 Å². The van der Waals surface area contributed by atoms with Crippen LogP contribution in [0.4, 0.5) is 4.79 Å². The monoisotopic (exact) mass is 659 g/mol. The fourth-order valence-corrected chi connectivity index (χ4v) is 5.14. The molecule has 256 valence electrons. The Morgan fingerprint density at radius 1 is 0.978 bits per heavy atom. The van der Waals surface area contributed by atoms with Crippen molar-refractivity contribution < 1.29 is 29.0 Å². The van der Waals surface area contributed by atoms with Crippen molar-refractivity contribution in [2.24, 2.45) is 23.5 Å². The molecule has 4 amide bonds. The lowest BCUT2D eigenvalue weighted by molar-refractivity contribution is -0.132. The van der Waals surface area contributed by atoms with Crippen LogP contribution in [-0.2, 0) is 25.7 Å². The highest BCUT2D eigenvalue weighted by atomic mass is 32.2. The Balaban J connectivity index is 2.86. The molecule has 0 aliphatic carbocycles. The van der Waals surface area contributed by atoms with Gasteiger partial charge in [0.2, 0.25) is 17.7 Å². The van der Waals surface area contributed by atoms with E-state index in [1.54, 1.807) is 25.3 Å². The van der Waals surface area contributed by atoms with Crippen LogP contribution in [-0.4, -0.2) is 71.8 Å². The first-order chi connectivity index (χ1) is 21.8. The SMILES string of the molecule is C=C/C=C(\C=C/N)COC(=O)N[C@@H](CSC)C(=O)N[C@@H](CC(C)C)[C@@H](O)C[C@@H](C)C(=O)N[C@H](C(=O)NCc1ccccc1)C(C)C. The van der Waals surface area contributed by atoms with Gasteiger partial charge in [0.1, 0.15) is 18.7 Å². The van der Waals surface area contributed by atoms with Gasteiger partial charge < -0.3 is 36.8 Å². The van der Waals surface area contributed by atoms with E-state index in [1.807, 2.05) is 58.0 Å². The first-order valence-electron chi connectivity index (χ1n) is 15.5. The Hall–Kier alpha value is -3.77. The number of carbonyl (C=O) groups excluding carboxylic acids is 4. The van der Waals surface area contributed by atoms with Crippen molar-refractivity contribution in [2.45, 2.75) is 78.2 Å². The Morgan fingerprint density at radius 3 is 2.22 bits per heavy atom. The standard InChI is InChI=1S/C34H53N5O6S/c1-8-12-26(15-16-35)20-45-34(44)38-28(21-46-7)32(42)37-27(17-22(2)3)29(40)18-24(6)31(41)39-30(23(4)5)33(43)36-19-25-13-10-9-11-14-25/h8-16,22-24,27-30,40H,1,17-21,35H2,2-7H3,(H,36,43)(H,37,42)(H,38,44)(H,39,41)/b16-15-,26-12+/t24-,27+,28+,29+,30+/m1/s1. The molecule has 1 rings (SSSR count). The number of alkyl carbamates (subject to hydrolysis) is 1. The largest absolute Gasteiger partial charge is 0.445 e. The van der Waals surface area contributed by atoms with E-state index >= 15 is 0 Å². The lowest BCUT2D eigenvalue weighted by atomic mass is 9.91. The summed E-state index contributed by atoms with van der Waals surface area (Å²) in [7, 11) is 0. The molecular weight excluding hydrogens is 606 g/mol. The number of thioether (sulfide) groups is 1. The fraction of sp³-hybridized carbons (Fsp3) is 0.529. The van der Waals surface area contributed by atoms with Crippen LogP contribution in [0.3, 0.4) is 0 Å². The summed E-state index contributed by atoms with van der Waals surface area (Å²) in [5, 5.41) is 22.4. The minimum absolute atomic E-state index is 0.0513. The zero-order chi connectivity index (χ0) is 34.6. The number of allylic oxidation sites excluding steroid dienone is 2. The zero-order valence-corrected chi connectivity index (χ0v) is 28.8. The highest BCUT2D eigenvalue weighted by molar-refractivity contribution is 7.98. The van der Waals surface area contributed by atoms with Crippen molar-refractivity contribution in [3.63, 3.8) is 0 Å². The van der Waals surface area contributed by atoms with Gasteiger partial charge in [-0.2, -0.15) is 11.8 Å². The summed E-state index contributed by atoms with van der Waals surface area (Å²) in [6.07, 6.45) is 6.52. The Labute approximate surface area is 278 Å². The van der Waals surface area contributed by atoms with Crippen molar-refractivity contribution >= 4 is 35.6 Å². The minimum Gasteiger partial charge on any atom is -0.445 e. The average Bonchev–Trinajstić information content (AvgIpc) is 3.00. The number of carbonyl (C=O) groups is 4. The normalized spacial score (nSPS) is 15.0. The van der Waals surface area contributed by atoms with Crippen LogP contribution in [0.1, 0.15) is 53.0 Å². The lowest BCUT2D eigenvalue weighted by Crippen LogP contribution is -2.54. The molecule has 5 atom stereocenters. The van der Waals surface area contributed by atoms with Crippen molar-refractivity contribution in [1.29, 1.82) is 0 Å². The molecule has 0 bridgehead atoms. The number of amides is 4. The van der Waals surface area contributed by atoms with Crippen molar-refractivity contribution in [3.05, 3.63) is 72.5 Å². The van der Waals surface area contributed by atoms with Crippen LogP contribution in [0, 0.1) is 17.8 Å². The van der Waals surface area contributed by atoms with Gasteiger partial charge in [0, 0.05) is 18.2 Å². The second kappa shape index (κ2) is 21.9. The number of benzene rings is 1. The minimum atomic E-state index is -1.06. The van der Waals surface area contributed by atoms with E-state index in [0.29, 0.717) is 18.5 Å². The average molecular weight is 660 g/mol. The van der Waals surface area contributed by atoms with E-state index in [9.17, 15) is 24.3 Å². The maximum atomic E-state index is 13.3. The topological polar surface area (TPSA) is 172 Å². The van der Waals surface area contributed by atoms with Gasteiger partial charge >= 0.3 is 6.09 Å². The molecule has 1 aromatic rings. The summed E-state index contributed by atoms with van der Waals surface area (Å²) >= 11 is 1.37. The number of rotatable bonds is 20. The van der Waals surface area contributed by atoms with Gasteiger partial charge in [0.05, 0.1) is 12.1 Å². The molecule has 0 aliphatic rings. The Morgan fingerprint density at radius 2 is 1.65 bits per heavy atom. The Bertz CT molecular complexity index is 1170. The number of aliphatic hydroxyl groups is 1. The predicted octanol–water partition coefficient (Wildman–Crippen LogP) is 3.40. The summed E-state index contributed by atoms with van der Waals surface area (Å²) in [6.45, 7) is 13.2. The van der Waals surface area contributed by atoms with E-state index in [0.717, 1.165) is 5.56 Å². The summed E-state index contributed by atoms with van der Waals surface area (Å²) in [5.74, 6) is -1.58. The summed E-state index contributed by atoms with van der Waals surface area (Å²) in [6, 6.07) is 7.12. The van der Waals surface area contributed by atoms with Crippen LogP contribution in [0.2, 0.25) is 0 Å². The number of nitrogens with two attached hydrogens (primary N) is 1. The number of aliphatic hydroxyl groups excluding tert-OH is 1. The van der Waals surface area contributed by atoms with E-state index in [2.05, 4.69) is 27.8 Å². The van der Waals surface area contributed by atoms with Crippen LogP contribution in [0.5, 0.6) is 0 Å².